The highest BCUT2D eigenvalue weighted by molar-refractivity contribution is 5.85. The Morgan fingerprint density at radius 3 is 2.29 bits per heavy atom. The van der Waals surface area contributed by atoms with Gasteiger partial charge in [0.05, 0.1) is 24.8 Å². The summed E-state index contributed by atoms with van der Waals surface area (Å²) in [6.45, 7) is 5.23. The molecule has 0 aliphatic carbocycles. The van der Waals surface area contributed by atoms with Crippen molar-refractivity contribution in [3.05, 3.63) is 24.0 Å². The Bertz CT molecular complexity index is 461. The maximum atomic E-state index is 12.0. The highest BCUT2D eigenvalue weighted by Gasteiger charge is 2.17. The van der Waals surface area contributed by atoms with Gasteiger partial charge in [-0.1, -0.05) is 0 Å². The van der Waals surface area contributed by atoms with E-state index in [0.717, 1.165) is 0 Å². The van der Waals surface area contributed by atoms with Crippen molar-refractivity contribution in [1.29, 1.82) is 0 Å². The highest BCUT2D eigenvalue weighted by atomic mass is 35.5. The number of nitrogen functional groups attached to an aromatic ring is 1. The van der Waals surface area contributed by atoms with E-state index >= 15 is 0 Å². The second kappa shape index (κ2) is 9.18. The smallest absolute Gasteiger partial charge is 0.242 e. The monoisotopic (exact) mass is 314 g/mol. The van der Waals surface area contributed by atoms with Crippen LogP contribution < -0.4 is 5.73 Å². The van der Waals surface area contributed by atoms with E-state index in [1.54, 1.807) is 24.1 Å². The molecule has 0 aromatic carbocycles. The number of rotatable bonds is 6. The van der Waals surface area contributed by atoms with Gasteiger partial charge in [-0.3, -0.25) is 14.6 Å². The molecule has 2 N–H and O–H groups in total. The van der Waals surface area contributed by atoms with E-state index in [-0.39, 0.29) is 37.2 Å². The molecule has 118 valence electrons. The maximum Gasteiger partial charge on any atom is 0.242 e. The van der Waals surface area contributed by atoms with Gasteiger partial charge in [-0.05, 0) is 26.0 Å². The van der Waals surface area contributed by atoms with Gasteiger partial charge in [0.15, 0.2) is 0 Å². The molecule has 0 saturated carbocycles. The van der Waals surface area contributed by atoms with Crippen LogP contribution in [-0.2, 0) is 16.0 Å². The van der Waals surface area contributed by atoms with Crippen LogP contribution in [0.4, 0.5) is 5.69 Å². The van der Waals surface area contributed by atoms with Crippen molar-refractivity contribution in [3.63, 3.8) is 0 Å². The molecule has 0 atom stereocenters. The molecule has 6 nitrogen and oxygen atoms in total. The minimum absolute atomic E-state index is 0. The Morgan fingerprint density at radius 2 is 1.81 bits per heavy atom. The minimum Gasteiger partial charge on any atom is -0.397 e. The fourth-order valence-electron chi connectivity index (χ4n) is 1.80. The molecule has 0 saturated heterocycles. The lowest BCUT2D eigenvalue weighted by Gasteiger charge is -2.23. The summed E-state index contributed by atoms with van der Waals surface area (Å²) in [6.07, 6.45) is 1.69. The van der Waals surface area contributed by atoms with Crippen molar-refractivity contribution in [2.75, 3.05) is 32.4 Å². The number of nitrogens with two attached hydrogens (primary N) is 1. The van der Waals surface area contributed by atoms with Crippen molar-refractivity contribution in [1.82, 2.24) is 14.8 Å². The number of hydrogen-bond donors (Lipinski definition) is 1. The van der Waals surface area contributed by atoms with Gasteiger partial charge in [-0.15, -0.1) is 12.4 Å². The van der Waals surface area contributed by atoms with Crippen LogP contribution in [0, 0.1) is 0 Å². The number of amides is 2. The Labute approximate surface area is 131 Å². The van der Waals surface area contributed by atoms with E-state index in [4.69, 9.17) is 5.73 Å². The van der Waals surface area contributed by atoms with Gasteiger partial charge in [0, 0.05) is 25.8 Å². The summed E-state index contributed by atoms with van der Waals surface area (Å²) in [5.41, 5.74) is 6.75. The van der Waals surface area contributed by atoms with Crippen LogP contribution in [0.3, 0.4) is 0 Å². The number of aromatic nitrogens is 1. The number of anilines is 1. The molecule has 0 fully saturated rings. The summed E-state index contributed by atoms with van der Waals surface area (Å²) in [6, 6.07) is 3.42. The molecule has 0 radical (unpaired) electrons. The molecule has 21 heavy (non-hydrogen) atoms. The van der Waals surface area contributed by atoms with Crippen LogP contribution in [0.5, 0.6) is 0 Å². The van der Waals surface area contributed by atoms with E-state index in [9.17, 15) is 9.59 Å². The van der Waals surface area contributed by atoms with Crippen molar-refractivity contribution >= 4 is 29.9 Å². The van der Waals surface area contributed by atoms with Gasteiger partial charge in [-0.2, -0.15) is 0 Å². The minimum atomic E-state index is -0.136. The van der Waals surface area contributed by atoms with Crippen molar-refractivity contribution in [2.45, 2.75) is 20.3 Å². The summed E-state index contributed by atoms with van der Waals surface area (Å²) in [5, 5.41) is 0. The summed E-state index contributed by atoms with van der Waals surface area (Å²) in [4.78, 5) is 31.1. The van der Waals surface area contributed by atoms with Gasteiger partial charge in [0.2, 0.25) is 11.8 Å². The molecular weight excluding hydrogens is 292 g/mol. The van der Waals surface area contributed by atoms with Crippen LogP contribution in [0.15, 0.2) is 18.3 Å². The third-order valence-corrected chi connectivity index (χ3v) is 3.09. The first-order valence-electron chi connectivity index (χ1n) is 6.70. The van der Waals surface area contributed by atoms with Gasteiger partial charge >= 0.3 is 0 Å². The second-order valence-corrected chi connectivity index (χ2v) is 4.58. The number of pyridine rings is 1. The Balaban J connectivity index is 0.00000400. The quantitative estimate of drug-likeness (QED) is 0.848. The van der Waals surface area contributed by atoms with Crippen LogP contribution in [0.2, 0.25) is 0 Å². The first-order chi connectivity index (χ1) is 9.47. The second-order valence-electron chi connectivity index (χ2n) is 4.58. The molecule has 1 aromatic heterocycles. The summed E-state index contributed by atoms with van der Waals surface area (Å²) in [5.74, 6) is -0.182. The van der Waals surface area contributed by atoms with Crippen LogP contribution in [-0.4, -0.2) is 53.3 Å². The van der Waals surface area contributed by atoms with E-state index in [0.29, 0.717) is 24.5 Å². The molecule has 7 heteroatoms. The lowest BCUT2D eigenvalue weighted by Crippen LogP contribution is -2.41. The standard InChI is InChI=1S/C14H22N4O2.ClH/c1-4-18(5-2)14(20)10-17(3)13(19)8-12-7-6-11(15)9-16-12;/h6-7,9H,4-5,8,10,15H2,1-3H3;1H. The molecule has 1 heterocycles. The molecule has 0 unspecified atom stereocenters. The Kier molecular flexibility index (Phi) is 8.38. The number of halogens is 1. The topological polar surface area (TPSA) is 79.5 Å². The SMILES string of the molecule is CCN(CC)C(=O)CN(C)C(=O)Cc1ccc(N)cn1.Cl. The fourth-order valence-corrected chi connectivity index (χ4v) is 1.80. The Hall–Kier alpha value is -1.82. The maximum absolute atomic E-state index is 12.0. The van der Waals surface area contributed by atoms with Crippen molar-refractivity contribution in [3.8, 4) is 0 Å². The van der Waals surface area contributed by atoms with Gasteiger partial charge in [0.1, 0.15) is 0 Å². The molecule has 0 aliphatic rings. The lowest BCUT2D eigenvalue weighted by atomic mass is 10.2. The van der Waals surface area contributed by atoms with Crippen molar-refractivity contribution < 1.29 is 9.59 Å². The third-order valence-electron chi connectivity index (χ3n) is 3.09. The average molecular weight is 315 g/mol. The number of nitrogens with zero attached hydrogens (tertiary/aromatic N) is 3. The molecular formula is C14H23ClN4O2. The zero-order valence-electron chi connectivity index (χ0n) is 12.7. The van der Waals surface area contributed by atoms with E-state index in [1.165, 1.54) is 11.1 Å². The number of hydrogen-bond acceptors (Lipinski definition) is 4. The number of likely N-dealkylation sites (N-methyl/N-ethyl adjacent to an activating group) is 2. The van der Waals surface area contributed by atoms with Crippen LogP contribution >= 0.6 is 12.4 Å². The normalized spacial score (nSPS) is 9.67. The third kappa shape index (κ3) is 5.99. The number of carbonyl (C=O) groups excluding carboxylic acids is 2. The zero-order chi connectivity index (χ0) is 15.1. The van der Waals surface area contributed by atoms with E-state index in [1.807, 2.05) is 13.8 Å². The molecule has 0 aliphatic heterocycles. The summed E-state index contributed by atoms with van der Waals surface area (Å²) < 4.78 is 0. The van der Waals surface area contributed by atoms with Crippen LogP contribution in [0.25, 0.3) is 0 Å². The molecule has 2 amide bonds. The average Bonchev–Trinajstić information content (AvgIpc) is 2.42. The van der Waals surface area contributed by atoms with E-state index in [2.05, 4.69) is 4.98 Å². The van der Waals surface area contributed by atoms with Gasteiger partial charge in [0.25, 0.3) is 0 Å². The molecule has 1 aromatic rings. The first-order valence-corrected chi connectivity index (χ1v) is 6.70. The lowest BCUT2D eigenvalue weighted by molar-refractivity contribution is -0.138. The number of carbonyl (C=O) groups is 2. The van der Waals surface area contributed by atoms with Crippen molar-refractivity contribution in [2.24, 2.45) is 0 Å². The predicted molar refractivity (Wildman–Crippen MR) is 85.2 cm³/mol. The van der Waals surface area contributed by atoms with Gasteiger partial charge < -0.3 is 15.5 Å². The largest absolute Gasteiger partial charge is 0.397 e. The zero-order valence-corrected chi connectivity index (χ0v) is 13.5. The fraction of sp³-hybridized carbons (Fsp3) is 0.500. The van der Waals surface area contributed by atoms with Crippen LogP contribution in [0.1, 0.15) is 19.5 Å². The summed E-state index contributed by atoms with van der Waals surface area (Å²) in [7, 11) is 1.63. The first kappa shape index (κ1) is 19.2. The predicted octanol–water partition coefficient (Wildman–Crippen LogP) is 0.955. The molecule has 1 rings (SSSR count). The highest BCUT2D eigenvalue weighted by Crippen LogP contribution is 2.03. The molecule has 0 bridgehead atoms. The Morgan fingerprint density at radius 1 is 1.19 bits per heavy atom. The van der Waals surface area contributed by atoms with E-state index < -0.39 is 0 Å². The molecule has 0 spiro atoms. The van der Waals surface area contributed by atoms with Gasteiger partial charge in [-0.25, -0.2) is 0 Å². The summed E-state index contributed by atoms with van der Waals surface area (Å²) >= 11 is 0.